The molecule has 0 bridgehead atoms. The van der Waals surface area contributed by atoms with Crippen LogP contribution in [0.4, 0.5) is 16.5 Å². The van der Waals surface area contributed by atoms with Crippen LogP contribution in [-0.4, -0.2) is 43.1 Å². The van der Waals surface area contributed by atoms with Crippen molar-refractivity contribution in [2.24, 2.45) is 0 Å². The highest BCUT2D eigenvalue weighted by atomic mass is 32.1. The largest absolute Gasteiger partial charge is 0.353 e. The van der Waals surface area contributed by atoms with Gasteiger partial charge < -0.3 is 15.1 Å². The molecule has 2 heterocycles. The number of rotatable bonds is 3. The van der Waals surface area contributed by atoms with Crippen LogP contribution in [-0.2, 0) is 0 Å². The summed E-state index contributed by atoms with van der Waals surface area (Å²) in [6.07, 6.45) is 0. The monoisotopic (exact) mass is 327 g/mol. The van der Waals surface area contributed by atoms with E-state index in [2.05, 4.69) is 28.3 Å². The molecule has 23 heavy (non-hydrogen) atoms. The summed E-state index contributed by atoms with van der Waals surface area (Å²) < 4.78 is 0. The van der Waals surface area contributed by atoms with E-state index >= 15 is 0 Å². The molecule has 3 rings (SSSR count). The Hall–Kier alpha value is -2.43. The molecule has 0 atom stereocenters. The number of anilines is 3. The van der Waals surface area contributed by atoms with Crippen molar-refractivity contribution >= 4 is 27.8 Å². The molecule has 2 aromatic rings. The van der Waals surface area contributed by atoms with Crippen LogP contribution in [0.2, 0.25) is 0 Å². The zero-order valence-corrected chi connectivity index (χ0v) is 13.6. The molecular weight excluding hydrogens is 310 g/mol. The summed E-state index contributed by atoms with van der Waals surface area (Å²) in [5, 5.41) is 13.3. The summed E-state index contributed by atoms with van der Waals surface area (Å²) in [6, 6.07) is 11.7. The van der Waals surface area contributed by atoms with Crippen molar-refractivity contribution in [1.82, 2.24) is 9.88 Å². The van der Waals surface area contributed by atoms with Crippen molar-refractivity contribution in [3.8, 4) is 6.07 Å². The minimum atomic E-state index is -0.295. The van der Waals surface area contributed by atoms with Gasteiger partial charge in [0.25, 0.3) is 0 Å². The van der Waals surface area contributed by atoms with Crippen molar-refractivity contribution in [1.29, 1.82) is 5.26 Å². The quantitative estimate of drug-likeness (QED) is 0.928. The van der Waals surface area contributed by atoms with Gasteiger partial charge in [0.1, 0.15) is 16.6 Å². The fourth-order valence-corrected chi connectivity index (χ4v) is 3.21. The van der Waals surface area contributed by atoms with Gasteiger partial charge in [0, 0.05) is 31.9 Å². The summed E-state index contributed by atoms with van der Waals surface area (Å²) in [5.41, 5.74) is 1.28. The lowest BCUT2D eigenvalue weighted by molar-refractivity contribution is 0.312. The van der Waals surface area contributed by atoms with Crippen LogP contribution in [0.5, 0.6) is 0 Å². The lowest BCUT2D eigenvalue weighted by atomic mass is 10.2. The van der Waals surface area contributed by atoms with Crippen molar-refractivity contribution in [3.05, 3.63) is 45.6 Å². The molecule has 7 heteroatoms. The Morgan fingerprint density at radius 2 is 1.91 bits per heavy atom. The number of nitrogens with zero attached hydrogens (tertiary/aromatic N) is 4. The topological polar surface area (TPSA) is 72.3 Å². The third kappa shape index (κ3) is 3.50. The maximum atomic E-state index is 12.0. The molecule has 6 nitrogen and oxygen atoms in total. The highest BCUT2D eigenvalue weighted by Gasteiger charge is 2.22. The second-order valence-electron chi connectivity index (χ2n) is 5.40. The van der Waals surface area contributed by atoms with Gasteiger partial charge in [0.05, 0.1) is 0 Å². The normalized spacial score (nSPS) is 15.2. The number of benzene rings is 1. The molecule has 1 aliphatic rings. The number of para-hydroxylation sites is 1. The molecular formula is C16H17N5OS. The number of likely N-dealkylation sites (N-methyl/N-ethyl adjacent to an activating group) is 1. The molecule has 1 saturated heterocycles. The van der Waals surface area contributed by atoms with Gasteiger partial charge in [-0.1, -0.05) is 29.5 Å². The van der Waals surface area contributed by atoms with E-state index in [1.807, 2.05) is 35.2 Å². The highest BCUT2D eigenvalue weighted by molar-refractivity contribution is 7.13. The van der Waals surface area contributed by atoms with Crippen LogP contribution < -0.4 is 15.1 Å². The summed E-state index contributed by atoms with van der Waals surface area (Å²) in [6.45, 7) is 3.30. The summed E-state index contributed by atoms with van der Waals surface area (Å²) >= 11 is 0.965. The molecule has 1 N–H and O–H groups in total. The van der Waals surface area contributed by atoms with E-state index in [4.69, 9.17) is 0 Å². The van der Waals surface area contributed by atoms with Crippen LogP contribution in [0.15, 0.2) is 35.1 Å². The molecule has 0 spiro atoms. The zero-order valence-electron chi connectivity index (χ0n) is 12.8. The average molecular weight is 327 g/mol. The molecule has 0 aliphatic carbocycles. The Morgan fingerprint density at radius 3 is 2.57 bits per heavy atom. The molecule has 0 amide bonds. The number of nitrogens with one attached hydrogen (secondary N) is 1. The van der Waals surface area contributed by atoms with E-state index < -0.39 is 0 Å². The minimum absolute atomic E-state index is 0.295. The number of piperazine rings is 1. The first-order valence-electron chi connectivity index (χ1n) is 7.38. The molecule has 118 valence electrons. The molecule has 1 aromatic carbocycles. The smallest absolute Gasteiger partial charge is 0.330 e. The van der Waals surface area contributed by atoms with Crippen LogP contribution in [0, 0.1) is 11.3 Å². The summed E-state index contributed by atoms with van der Waals surface area (Å²) in [5.74, 6) is 0.489. The van der Waals surface area contributed by atoms with Crippen molar-refractivity contribution < 1.29 is 0 Å². The van der Waals surface area contributed by atoms with Gasteiger partial charge in [0.15, 0.2) is 5.82 Å². The average Bonchev–Trinajstić information content (AvgIpc) is 2.56. The second-order valence-corrected chi connectivity index (χ2v) is 6.36. The summed E-state index contributed by atoms with van der Waals surface area (Å²) in [7, 11) is 2.06. The van der Waals surface area contributed by atoms with Gasteiger partial charge in [-0.15, -0.1) is 0 Å². The number of aromatic nitrogens is 1. The SMILES string of the molecule is CN1CCN(c2nc(=O)sc(Nc3ccccc3)c2C#N)CC1. The first-order chi connectivity index (χ1) is 11.2. The van der Waals surface area contributed by atoms with Crippen LogP contribution >= 0.6 is 11.3 Å². The van der Waals surface area contributed by atoms with E-state index in [1.54, 1.807) is 0 Å². The Morgan fingerprint density at radius 1 is 1.22 bits per heavy atom. The highest BCUT2D eigenvalue weighted by Crippen LogP contribution is 2.29. The van der Waals surface area contributed by atoms with Crippen LogP contribution in [0.3, 0.4) is 0 Å². The Labute approximate surface area is 138 Å². The molecule has 1 aliphatic heterocycles. The van der Waals surface area contributed by atoms with E-state index in [0.29, 0.717) is 16.4 Å². The minimum Gasteiger partial charge on any atom is -0.353 e. The van der Waals surface area contributed by atoms with E-state index in [-0.39, 0.29) is 4.87 Å². The van der Waals surface area contributed by atoms with Gasteiger partial charge in [-0.3, -0.25) is 4.79 Å². The van der Waals surface area contributed by atoms with Gasteiger partial charge in [-0.05, 0) is 19.2 Å². The molecule has 0 radical (unpaired) electrons. The maximum Gasteiger partial charge on any atom is 0.330 e. The molecule has 1 aromatic heterocycles. The number of hydrogen-bond donors (Lipinski definition) is 1. The fraction of sp³-hybridized carbons (Fsp3) is 0.312. The third-order valence-corrected chi connectivity index (χ3v) is 4.56. The van der Waals surface area contributed by atoms with Crippen LogP contribution in [0.1, 0.15) is 5.56 Å². The maximum absolute atomic E-state index is 12.0. The lowest BCUT2D eigenvalue weighted by Crippen LogP contribution is -2.45. The van der Waals surface area contributed by atoms with Crippen molar-refractivity contribution in [2.45, 2.75) is 0 Å². The molecule has 0 saturated carbocycles. The second kappa shape index (κ2) is 6.77. The first kappa shape index (κ1) is 15.5. The predicted octanol–water partition coefficient (Wildman–Crippen LogP) is 1.87. The van der Waals surface area contributed by atoms with Crippen LogP contribution in [0.25, 0.3) is 0 Å². The summed E-state index contributed by atoms with van der Waals surface area (Å²) in [4.78, 5) is 20.0. The van der Waals surface area contributed by atoms with Gasteiger partial charge >= 0.3 is 4.87 Å². The number of nitriles is 1. The van der Waals surface area contributed by atoms with Gasteiger partial charge in [0.2, 0.25) is 0 Å². The van der Waals surface area contributed by atoms with Gasteiger partial charge in [-0.25, -0.2) is 0 Å². The Kier molecular flexibility index (Phi) is 4.55. The molecule has 1 fully saturated rings. The predicted molar refractivity (Wildman–Crippen MR) is 92.5 cm³/mol. The van der Waals surface area contributed by atoms with Crippen molar-refractivity contribution in [2.75, 3.05) is 43.4 Å². The van der Waals surface area contributed by atoms with E-state index in [1.165, 1.54) is 0 Å². The molecule has 0 unspecified atom stereocenters. The third-order valence-electron chi connectivity index (χ3n) is 3.78. The van der Waals surface area contributed by atoms with E-state index in [0.717, 1.165) is 43.2 Å². The lowest BCUT2D eigenvalue weighted by Gasteiger charge is -2.33. The van der Waals surface area contributed by atoms with Crippen molar-refractivity contribution in [3.63, 3.8) is 0 Å². The fourth-order valence-electron chi connectivity index (χ4n) is 2.49. The first-order valence-corrected chi connectivity index (χ1v) is 8.20. The van der Waals surface area contributed by atoms with Gasteiger partial charge in [-0.2, -0.15) is 10.2 Å². The van der Waals surface area contributed by atoms with E-state index in [9.17, 15) is 10.1 Å². The Bertz CT molecular complexity index is 775. The zero-order chi connectivity index (χ0) is 16.2. The standard InChI is InChI=1S/C16H17N5OS/c1-20-7-9-21(10-8-20)14-13(11-17)15(23-16(22)19-14)18-12-5-3-2-4-6-12/h2-6,18H,7-10H2,1H3. The number of hydrogen-bond acceptors (Lipinski definition) is 7. The Balaban J connectivity index is 1.97.